The Labute approximate surface area is 180 Å². The molecule has 0 amide bonds. The molecule has 0 aliphatic carbocycles. The highest BCUT2D eigenvalue weighted by molar-refractivity contribution is 6.05. The van der Waals surface area contributed by atoms with Crippen LogP contribution in [0.25, 0.3) is 21.9 Å². The van der Waals surface area contributed by atoms with Crippen molar-refractivity contribution in [3.8, 4) is 0 Å². The average molecular weight is 413 g/mol. The number of non-ortho nitro benzene ring substituents is 1. The van der Waals surface area contributed by atoms with Crippen molar-refractivity contribution >= 4 is 45.2 Å². The Kier molecular flexibility index (Phi) is 4.90. The summed E-state index contributed by atoms with van der Waals surface area (Å²) in [7, 11) is 0. The molecule has 0 radical (unpaired) electrons. The molecule has 1 saturated heterocycles. The Bertz CT molecular complexity index is 1300. The fourth-order valence-electron chi connectivity index (χ4n) is 4.24. The van der Waals surface area contributed by atoms with E-state index in [0.717, 1.165) is 64.8 Å². The van der Waals surface area contributed by atoms with Crippen molar-refractivity contribution < 1.29 is 9.34 Å². The zero-order valence-corrected chi connectivity index (χ0v) is 17.3. The summed E-state index contributed by atoms with van der Waals surface area (Å²) in [5.74, 6) is 0.710. The van der Waals surface area contributed by atoms with E-state index >= 15 is 0 Å². The predicted octanol–water partition coefficient (Wildman–Crippen LogP) is 6.48. The first-order chi connectivity index (χ1) is 15.1. The van der Waals surface area contributed by atoms with E-state index in [-0.39, 0.29) is 10.6 Å². The summed E-state index contributed by atoms with van der Waals surface area (Å²) in [6, 6.07) is 18.8. The Morgan fingerprint density at radius 3 is 2.61 bits per heavy atom. The molecule has 1 aliphatic rings. The van der Waals surface area contributed by atoms with E-state index in [1.165, 1.54) is 0 Å². The number of fused-ring (bicyclic) bond motifs is 3. The van der Waals surface area contributed by atoms with Gasteiger partial charge in [0.1, 0.15) is 11.2 Å². The average Bonchev–Trinajstić information content (AvgIpc) is 3.16. The van der Waals surface area contributed by atoms with Crippen LogP contribution in [0.1, 0.15) is 25.3 Å². The summed E-state index contributed by atoms with van der Waals surface area (Å²) in [4.78, 5) is 17.9. The summed E-state index contributed by atoms with van der Waals surface area (Å²) in [6.07, 6.45) is 3.97. The minimum atomic E-state index is -0.361. The number of aliphatic imine (C=N–C) groups is 1. The number of hydrogen-bond donors (Lipinski definition) is 0. The van der Waals surface area contributed by atoms with Crippen molar-refractivity contribution in [2.24, 2.45) is 10.9 Å². The van der Waals surface area contributed by atoms with Gasteiger partial charge < -0.3 is 9.32 Å². The SMILES string of the molecule is CC1CCN(c2ccc([N+](=O)[O-])cc2C=Nc2ccc3c(c2)oc2ccccc23)CC1. The fourth-order valence-corrected chi connectivity index (χ4v) is 4.24. The molecule has 0 N–H and O–H groups in total. The van der Waals surface area contributed by atoms with Gasteiger partial charge in [-0.1, -0.05) is 25.1 Å². The van der Waals surface area contributed by atoms with Crippen LogP contribution < -0.4 is 4.90 Å². The van der Waals surface area contributed by atoms with Crippen LogP contribution in [0.15, 0.2) is 70.1 Å². The molecule has 31 heavy (non-hydrogen) atoms. The van der Waals surface area contributed by atoms with Gasteiger partial charge in [0.2, 0.25) is 0 Å². The normalized spacial score (nSPS) is 15.3. The maximum Gasteiger partial charge on any atom is 0.270 e. The van der Waals surface area contributed by atoms with Gasteiger partial charge in [0.25, 0.3) is 5.69 Å². The quantitative estimate of drug-likeness (QED) is 0.218. The van der Waals surface area contributed by atoms with Crippen molar-refractivity contribution in [1.82, 2.24) is 0 Å². The van der Waals surface area contributed by atoms with E-state index in [0.29, 0.717) is 5.92 Å². The third kappa shape index (κ3) is 3.77. The fraction of sp³-hybridized carbons (Fsp3) is 0.240. The Balaban J connectivity index is 1.51. The maximum absolute atomic E-state index is 11.3. The lowest BCUT2D eigenvalue weighted by atomic mass is 9.98. The number of nitrogens with zero attached hydrogens (tertiary/aromatic N) is 3. The standard InChI is InChI=1S/C25H23N3O3/c1-17-10-12-27(13-11-17)23-9-7-20(28(29)30)14-18(23)16-26-19-6-8-22-21-4-2-3-5-24(21)31-25(22)15-19/h2-9,14-17H,10-13H2,1H3. The minimum Gasteiger partial charge on any atom is -0.456 e. The number of rotatable bonds is 4. The first-order valence-corrected chi connectivity index (χ1v) is 10.6. The molecular formula is C25H23N3O3. The Morgan fingerprint density at radius 2 is 1.81 bits per heavy atom. The third-order valence-electron chi connectivity index (χ3n) is 6.06. The molecule has 3 aromatic carbocycles. The van der Waals surface area contributed by atoms with Crippen LogP contribution >= 0.6 is 0 Å². The Morgan fingerprint density at radius 1 is 1.03 bits per heavy atom. The molecule has 0 atom stereocenters. The number of furan rings is 1. The van der Waals surface area contributed by atoms with E-state index in [1.807, 2.05) is 48.5 Å². The van der Waals surface area contributed by atoms with Crippen molar-refractivity contribution in [3.63, 3.8) is 0 Å². The second kappa shape index (κ2) is 7.87. The highest BCUT2D eigenvalue weighted by atomic mass is 16.6. The van der Waals surface area contributed by atoms with Crippen molar-refractivity contribution in [2.75, 3.05) is 18.0 Å². The van der Waals surface area contributed by atoms with Crippen molar-refractivity contribution in [3.05, 3.63) is 76.3 Å². The largest absolute Gasteiger partial charge is 0.456 e. The van der Waals surface area contributed by atoms with E-state index < -0.39 is 0 Å². The van der Waals surface area contributed by atoms with E-state index in [1.54, 1.807) is 18.3 Å². The smallest absolute Gasteiger partial charge is 0.270 e. The third-order valence-corrected chi connectivity index (χ3v) is 6.06. The second-order valence-corrected chi connectivity index (χ2v) is 8.21. The number of para-hydroxylation sites is 1. The lowest BCUT2D eigenvalue weighted by molar-refractivity contribution is -0.384. The summed E-state index contributed by atoms with van der Waals surface area (Å²) >= 11 is 0. The first kappa shape index (κ1) is 19.3. The van der Waals surface area contributed by atoms with Crippen LogP contribution in [0.4, 0.5) is 17.1 Å². The molecule has 2 heterocycles. The molecule has 6 nitrogen and oxygen atoms in total. The van der Waals surface area contributed by atoms with Crippen LogP contribution in [0.5, 0.6) is 0 Å². The molecule has 4 aromatic rings. The molecule has 1 aromatic heterocycles. The van der Waals surface area contributed by atoms with Gasteiger partial charge in [0.15, 0.2) is 0 Å². The molecule has 0 saturated carbocycles. The van der Waals surface area contributed by atoms with Gasteiger partial charge in [-0.15, -0.1) is 0 Å². The molecule has 0 bridgehead atoms. The monoisotopic (exact) mass is 413 g/mol. The lowest BCUT2D eigenvalue weighted by Gasteiger charge is -2.33. The zero-order valence-electron chi connectivity index (χ0n) is 17.3. The van der Waals surface area contributed by atoms with Gasteiger partial charge in [-0.05, 0) is 43.0 Å². The van der Waals surface area contributed by atoms with Gasteiger partial charge in [0.05, 0.1) is 10.6 Å². The van der Waals surface area contributed by atoms with Crippen molar-refractivity contribution in [1.29, 1.82) is 0 Å². The molecule has 156 valence electrons. The maximum atomic E-state index is 11.3. The predicted molar refractivity (Wildman–Crippen MR) is 125 cm³/mol. The molecule has 5 rings (SSSR count). The minimum absolute atomic E-state index is 0.0725. The van der Waals surface area contributed by atoms with Crippen LogP contribution in [-0.4, -0.2) is 24.2 Å². The van der Waals surface area contributed by atoms with Gasteiger partial charge in [0, 0.05) is 59.5 Å². The van der Waals surface area contributed by atoms with Gasteiger partial charge in [-0.3, -0.25) is 15.1 Å². The first-order valence-electron chi connectivity index (χ1n) is 10.6. The number of anilines is 1. The van der Waals surface area contributed by atoms with Gasteiger partial charge in [-0.2, -0.15) is 0 Å². The molecular weight excluding hydrogens is 390 g/mol. The van der Waals surface area contributed by atoms with Crippen LogP contribution in [0.2, 0.25) is 0 Å². The van der Waals surface area contributed by atoms with Crippen molar-refractivity contribution in [2.45, 2.75) is 19.8 Å². The summed E-state index contributed by atoms with van der Waals surface area (Å²) in [6.45, 7) is 4.17. The van der Waals surface area contributed by atoms with Crippen LogP contribution in [0.3, 0.4) is 0 Å². The summed E-state index contributed by atoms with van der Waals surface area (Å²) in [5.41, 5.74) is 4.19. The summed E-state index contributed by atoms with van der Waals surface area (Å²) < 4.78 is 5.95. The summed E-state index contributed by atoms with van der Waals surface area (Å²) in [5, 5.41) is 13.5. The topological polar surface area (TPSA) is 71.9 Å². The van der Waals surface area contributed by atoms with Gasteiger partial charge >= 0.3 is 0 Å². The molecule has 1 aliphatic heterocycles. The number of benzene rings is 3. The Hall–Kier alpha value is -3.67. The number of hydrogen-bond acceptors (Lipinski definition) is 5. The number of piperidine rings is 1. The van der Waals surface area contributed by atoms with E-state index in [2.05, 4.69) is 16.8 Å². The number of nitro benzene ring substituents is 1. The molecule has 0 unspecified atom stereocenters. The van der Waals surface area contributed by atoms with E-state index in [9.17, 15) is 10.1 Å². The van der Waals surface area contributed by atoms with E-state index in [4.69, 9.17) is 4.42 Å². The molecule has 1 fully saturated rings. The molecule has 0 spiro atoms. The lowest BCUT2D eigenvalue weighted by Crippen LogP contribution is -2.33. The number of nitro groups is 1. The highest BCUT2D eigenvalue weighted by Gasteiger charge is 2.20. The van der Waals surface area contributed by atoms with Crippen LogP contribution in [-0.2, 0) is 0 Å². The second-order valence-electron chi connectivity index (χ2n) is 8.21. The zero-order chi connectivity index (χ0) is 21.4. The molecule has 6 heteroatoms. The highest BCUT2D eigenvalue weighted by Crippen LogP contribution is 2.32. The van der Waals surface area contributed by atoms with Crippen LogP contribution in [0, 0.1) is 16.0 Å². The van der Waals surface area contributed by atoms with Gasteiger partial charge in [-0.25, -0.2) is 0 Å².